The van der Waals surface area contributed by atoms with Crippen molar-refractivity contribution in [3.63, 3.8) is 0 Å². The Labute approximate surface area is 194 Å². The molecule has 1 N–H and O–H groups in total. The van der Waals surface area contributed by atoms with Crippen LogP contribution in [0.4, 0.5) is 24.5 Å². The van der Waals surface area contributed by atoms with Crippen molar-refractivity contribution in [2.24, 2.45) is 0 Å². The average Bonchev–Trinajstić information content (AvgIpc) is 3.63. The molecule has 5 nitrogen and oxygen atoms in total. The van der Waals surface area contributed by atoms with Crippen molar-refractivity contribution in [3.05, 3.63) is 77.1 Å². The number of nitrogens with zero attached hydrogens (tertiary/aromatic N) is 2. The van der Waals surface area contributed by atoms with Crippen LogP contribution in [0.3, 0.4) is 0 Å². The van der Waals surface area contributed by atoms with Gasteiger partial charge in [0.1, 0.15) is 6.54 Å². The van der Waals surface area contributed by atoms with E-state index in [0.29, 0.717) is 11.6 Å². The van der Waals surface area contributed by atoms with Crippen LogP contribution in [0.1, 0.15) is 41.3 Å². The van der Waals surface area contributed by atoms with Gasteiger partial charge in [-0.3, -0.25) is 14.6 Å². The molecule has 0 saturated heterocycles. The van der Waals surface area contributed by atoms with Crippen LogP contribution in [0.25, 0.3) is 11.1 Å². The van der Waals surface area contributed by atoms with Crippen molar-refractivity contribution in [2.75, 3.05) is 16.8 Å². The van der Waals surface area contributed by atoms with Crippen molar-refractivity contribution in [1.82, 2.24) is 4.98 Å². The summed E-state index contributed by atoms with van der Waals surface area (Å²) < 4.78 is 38.4. The van der Waals surface area contributed by atoms with E-state index in [2.05, 4.69) is 5.32 Å². The number of alkyl halides is 3. The summed E-state index contributed by atoms with van der Waals surface area (Å²) in [5.74, 6) is -0.383. The van der Waals surface area contributed by atoms with E-state index in [-0.39, 0.29) is 24.6 Å². The van der Waals surface area contributed by atoms with E-state index in [9.17, 15) is 22.8 Å². The second-order valence-corrected chi connectivity index (χ2v) is 8.75. The summed E-state index contributed by atoms with van der Waals surface area (Å²) >= 11 is 0. The first-order valence-corrected chi connectivity index (χ1v) is 11.1. The highest BCUT2D eigenvalue weighted by Gasteiger charge is 2.35. The third-order valence-corrected chi connectivity index (χ3v) is 6.14. The fourth-order valence-electron chi connectivity index (χ4n) is 4.39. The molecule has 0 bridgehead atoms. The molecule has 1 fully saturated rings. The number of carbonyl (C=O) groups is 2. The topological polar surface area (TPSA) is 62.3 Å². The Morgan fingerprint density at radius 3 is 2.50 bits per heavy atom. The van der Waals surface area contributed by atoms with Crippen LogP contribution in [-0.2, 0) is 22.2 Å². The van der Waals surface area contributed by atoms with Gasteiger partial charge in [-0.2, -0.15) is 13.2 Å². The van der Waals surface area contributed by atoms with E-state index < -0.39 is 17.6 Å². The van der Waals surface area contributed by atoms with Gasteiger partial charge in [0.05, 0.1) is 23.4 Å². The van der Waals surface area contributed by atoms with Gasteiger partial charge < -0.3 is 10.2 Å². The molecular formula is C26H22F3N3O2. The molecule has 174 valence electrons. The lowest BCUT2D eigenvalue weighted by Crippen LogP contribution is -2.38. The average molecular weight is 465 g/mol. The van der Waals surface area contributed by atoms with Crippen molar-refractivity contribution in [1.29, 1.82) is 0 Å². The van der Waals surface area contributed by atoms with E-state index >= 15 is 0 Å². The van der Waals surface area contributed by atoms with Crippen molar-refractivity contribution in [2.45, 2.75) is 38.3 Å². The third kappa shape index (κ3) is 4.27. The minimum absolute atomic E-state index is 0.140. The lowest BCUT2D eigenvalue weighted by Gasteiger charge is -2.24. The molecule has 2 amide bonds. The zero-order chi connectivity index (χ0) is 24.0. The van der Waals surface area contributed by atoms with E-state index in [4.69, 9.17) is 4.98 Å². The molecule has 2 heterocycles. The van der Waals surface area contributed by atoms with Crippen LogP contribution in [0, 0.1) is 6.92 Å². The number of halogens is 3. The number of aromatic nitrogens is 1. The van der Waals surface area contributed by atoms with Crippen molar-refractivity contribution >= 4 is 23.2 Å². The van der Waals surface area contributed by atoms with Crippen molar-refractivity contribution in [3.8, 4) is 11.1 Å². The summed E-state index contributed by atoms with van der Waals surface area (Å²) in [7, 11) is 0. The predicted molar refractivity (Wildman–Crippen MR) is 123 cm³/mol. The third-order valence-electron chi connectivity index (χ3n) is 6.14. The molecule has 2 aromatic carbocycles. The first-order chi connectivity index (χ1) is 16.2. The number of hydrogen-bond donors (Lipinski definition) is 1. The Morgan fingerprint density at radius 2 is 1.82 bits per heavy atom. The normalized spacial score (nSPS) is 15.4. The molecule has 2 aliphatic rings. The number of nitrogens with one attached hydrogen (secondary N) is 1. The summed E-state index contributed by atoms with van der Waals surface area (Å²) in [4.78, 5) is 32.4. The number of amides is 2. The lowest BCUT2D eigenvalue weighted by molar-refractivity contribution is -0.137. The Morgan fingerprint density at radius 1 is 1.12 bits per heavy atom. The second kappa shape index (κ2) is 8.27. The van der Waals surface area contributed by atoms with E-state index in [0.717, 1.165) is 53.1 Å². The van der Waals surface area contributed by atoms with Gasteiger partial charge in [0.2, 0.25) is 11.8 Å². The van der Waals surface area contributed by atoms with Gasteiger partial charge in [-0.15, -0.1) is 0 Å². The zero-order valence-corrected chi connectivity index (χ0v) is 18.4. The molecular weight excluding hydrogens is 443 g/mol. The summed E-state index contributed by atoms with van der Waals surface area (Å²) in [5, 5.41) is 2.61. The van der Waals surface area contributed by atoms with Gasteiger partial charge in [0, 0.05) is 22.9 Å². The van der Waals surface area contributed by atoms with Gasteiger partial charge in [0.25, 0.3) is 0 Å². The lowest BCUT2D eigenvalue weighted by atomic mass is 9.94. The Kier molecular flexibility index (Phi) is 5.38. The molecule has 0 unspecified atom stereocenters. The largest absolute Gasteiger partial charge is 0.416 e. The summed E-state index contributed by atoms with van der Waals surface area (Å²) in [5.41, 5.74) is 4.51. The van der Waals surface area contributed by atoms with Gasteiger partial charge in [-0.05, 0) is 61.2 Å². The second-order valence-electron chi connectivity index (χ2n) is 8.75. The smallest absolute Gasteiger partial charge is 0.325 e. The number of carbonyl (C=O) groups excluding carboxylic acids is 2. The molecule has 0 radical (unpaired) electrons. The van der Waals surface area contributed by atoms with Crippen LogP contribution in [0.2, 0.25) is 0 Å². The summed E-state index contributed by atoms with van der Waals surface area (Å²) in [6.07, 6.45) is -2.24. The van der Waals surface area contributed by atoms with Crippen molar-refractivity contribution < 1.29 is 22.8 Å². The predicted octanol–water partition coefficient (Wildman–Crippen LogP) is 5.48. The minimum Gasteiger partial charge on any atom is -0.325 e. The fourth-order valence-corrected chi connectivity index (χ4v) is 4.39. The van der Waals surface area contributed by atoms with Gasteiger partial charge in [-0.1, -0.05) is 24.3 Å². The fraction of sp³-hybridized carbons (Fsp3) is 0.269. The highest BCUT2D eigenvalue weighted by atomic mass is 19.4. The highest BCUT2D eigenvalue weighted by molar-refractivity contribution is 6.08. The number of hydrogen-bond acceptors (Lipinski definition) is 3. The molecule has 0 spiro atoms. The standard InChI is InChI=1S/C26H22F3N3O2/c1-15-12-21-24(25(30-15)16-6-7-16)20-5-3-2-4-17(20)13-23(34)32(21)14-22(33)31-19-10-8-18(9-11-19)26(27,28)29/h2-5,8-12,16H,6-7,13-14H2,1H3,(H,31,33). The number of fused-ring (bicyclic) bond motifs is 3. The summed E-state index contributed by atoms with van der Waals surface area (Å²) in [6.45, 7) is 1.61. The number of pyridine rings is 1. The maximum absolute atomic E-state index is 13.3. The Bertz CT molecular complexity index is 1280. The van der Waals surface area contributed by atoms with Crippen LogP contribution >= 0.6 is 0 Å². The maximum atomic E-state index is 13.3. The van der Waals surface area contributed by atoms with Crippen LogP contribution in [-0.4, -0.2) is 23.3 Å². The molecule has 1 aliphatic carbocycles. The Hall–Kier alpha value is -3.68. The molecule has 0 atom stereocenters. The van der Waals surface area contributed by atoms with Gasteiger partial charge >= 0.3 is 6.18 Å². The molecule has 1 aromatic heterocycles. The van der Waals surface area contributed by atoms with E-state index in [1.54, 1.807) is 0 Å². The molecule has 1 aliphatic heterocycles. The number of anilines is 2. The maximum Gasteiger partial charge on any atom is 0.416 e. The first kappa shape index (κ1) is 22.1. The first-order valence-electron chi connectivity index (χ1n) is 11.1. The van der Waals surface area contributed by atoms with Crippen LogP contribution in [0.15, 0.2) is 54.6 Å². The Balaban J connectivity index is 1.48. The van der Waals surface area contributed by atoms with Gasteiger partial charge in [0.15, 0.2) is 0 Å². The van der Waals surface area contributed by atoms with E-state index in [1.165, 1.54) is 17.0 Å². The minimum atomic E-state index is -4.45. The molecule has 8 heteroatoms. The molecule has 1 saturated carbocycles. The monoisotopic (exact) mass is 465 g/mol. The van der Waals surface area contributed by atoms with E-state index in [1.807, 2.05) is 37.3 Å². The molecule has 3 aromatic rings. The quantitative estimate of drug-likeness (QED) is 0.555. The molecule has 34 heavy (non-hydrogen) atoms. The number of benzene rings is 2. The summed E-state index contributed by atoms with van der Waals surface area (Å²) in [6, 6.07) is 13.8. The molecule has 5 rings (SSSR count). The number of rotatable bonds is 4. The van der Waals surface area contributed by atoms with Gasteiger partial charge in [-0.25, -0.2) is 0 Å². The highest BCUT2D eigenvalue weighted by Crippen LogP contribution is 2.48. The zero-order valence-electron chi connectivity index (χ0n) is 18.4. The van der Waals surface area contributed by atoms with Crippen LogP contribution in [0.5, 0.6) is 0 Å². The number of aryl methyl sites for hydroxylation is 1. The SMILES string of the molecule is Cc1cc2c(c(C3CC3)n1)-c1ccccc1CC(=O)N2CC(=O)Nc1ccc(C(F)(F)F)cc1. The van der Waals surface area contributed by atoms with Crippen LogP contribution < -0.4 is 10.2 Å².